The number of amides is 1. The van der Waals surface area contributed by atoms with E-state index in [-0.39, 0.29) is 11.9 Å². The van der Waals surface area contributed by atoms with Gasteiger partial charge < -0.3 is 14.8 Å². The maximum atomic E-state index is 12.9. The average molecular weight is 375 g/mol. The van der Waals surface area contributed by atoms with Gasteiger partial charge in [-0.3, -0.25) is 9.69 Å². The quantitative estimate of drug-likeness (QED) is 0.802. The van der Waals surface area contributed by atoms with Crippen molar-refractivity contribution in [3.05, 3.63) is 46.2 Å². The van der Waals surface area contributed by atoms with Crippen molar-refractivity contribution in [3.63, 3.8) is 0 Å². The summed E-state index contributed by atoms with van der Waals surface area (Å²) in [6.07, 6.45) is 3.72. The monoisotopic (exact) mass is 374 g/mol. The fraction of sp³-hybridized carbons (Fsp3) is 0.450. The van der Waals surface area contributed by atoms with E-state index >= 15 is 0 Å². The summed E-state index contributed by atoms with van der Waals surface area (Å²) in [5.41, 5.74) is 1.71. The number of piperidine rings is 1. The number of nitrogens with one attached hydrogen (secondary N) is 1. The molecule has 1 N–H and O–H groups in total. The molecule has 6 heteroatoms. The van der Waals surface area contributed by atoms with Gasteiger partial charge in [-0.15, -0.1) is 0 Å². The van der Waals surface area contributed by atoms with E-state index in [0.29, 0.717) is 23.6 Å². The summed E-state index contributed by atoms with van der Waals surface area (Å²) >= 11 is 1.70. The summed E-state index contributed by atoms with van der Waals surface area (Å²) in [7, 11) is 3.13. The molecule has 1 aliphatic rings. The lowest BCUT2D eigenvalue weighted by molar-refractivity contribution is 0.0918. The fourth-order valence-electron chi connectivity index (χ4n) is 3.51. The van der Waals surface area contributed by atoms with Crippen LogP contribution in [0.15, 0.2) is 35.0 Å². The molecule has 140 valence electrons. The second-order valence-corrected chi connectivity index (χ2v) is 7.20. The Kier molecular flexibility index (Phi) is 6.52. The van der Waals surface area contributed by atoms with Crippen LogP contribution >= 0.6 is 11.3 Å². The van der Waals surface area contributed by atoms with Crippen molar-refractivity contribution in [2.75, 3.05) is 33.9 Å². The van der Waals surface area contributed by atoms with E-state index in [9.17, 15) is 4.79 Å². The average Bonchev–Trinajstić information content (AvgIpc) is 3.22. The summed E-state index contributed by atoms with van der Waals surface area (Å²) in [4.78, 5) is 15.4. The number of benzene rings is 1. The van der Waals surface area contributed by atoms with Crippen LogP contribution in [-0.4, -0.2) is 44.7 Å². The van der Waals surface area contributed by atoms with Crippen LogP contribution in [0, 0.1) is 0 Å². The third-order valence-electron chi connectivity index (χ3n) is 4.87. The number of nitrogens with zero attached hydrogens (tertiary/aromatic N) is 1. The van der Waals surface area contributed by atoms with Gasteiger partial charge >= 0.3 is 0 Å². The molecule has 0 saturated carbocycles. The van der Waals surface area contributed by atoms with Crippen LogP contribution in [0.25, 0.3) is 0 Å². The van der Waals surface area contributed by atoms with E-state index in [2.05, 4.69) is 27.0 Å². The van der Waals surface area contributed by atoms with Gasteiger partial charge in [-0.05, 0) is 60.5 Å². The van der Waals surface area contributed by atoms with Crippen LogP contribution in [0.3, 0.4) is 0 Å². The number of carbonyl (C=O) groups excluding carboxylic acids is 1. The zero-order valence-electron chi connectivity index (χ0n) is 15.4. The third-order valence-corrected chi connectivity index (χ3v) is 5.57. The van der Waals surface area contributed by atoms with Crippen LogP contribution in [-0.2, 0) is 0 Å². The smallest absolute Gasteiger partial charge is 0.258 e. The van der Waals surface area contributed by atoms with Crippen LogP contribution in [0.2, 0.25) is 0 Å². The molecular weight excluding hydrogens is 348 g/mol. The van der Waals surface area contributed by atoms with E-state index in [1.54, 1.807) is 37.7 Å². The maximum Gasteiger partial charge on any atom is 0.258 e. The predicted molar refractivity (Wildman–Crippen MR) is 104 cm³/mol. The molecule has 5 nitrogen and oxygen atoms in total. The molecule has 3 rings (SSSR count). The Morgan fingerprint density at radius 2 is 1.85 bits per heavy atom. The van der Waals surface area contributed by atoms with E-state index < -0.39 is 0 Å². The van der Waals surface area contributed by atoms with Gasteiger partial charge in [0.15, 0.2) is 0 Å². The van der Waals surface area contributed by atoms with Crippen LogP contribution in [0.4, 0.5) is 0 Å². The molecule has 2 heterocycles. The Bertz CT molecular complexity index is 690. The SMILES string of the molecule is COc1cccc(OC)c1C(=O)NCC(c1ccsc1)N1CCCCC1. The van der Waals surface area contributed by atoms with Crippen molar-refractivity contribution in [3.8, 4) is 11.5 Å². The molecule has 0 radical (unpaired) electrons. The van der Waals surface area contributed by atoms with Crippen molar-refractivity contribution in [1.82, 2.24) is 10.2 Å². The predicted octanol–water partition coefficient (Wildman–Crippen LogP) is 3.72. The molecule has 1 unspecified atom stereocenters. The van der Waals surface area contributed by atoms with Crippen molar-refractivity contribution in [2.45, 2.75) is 25.3 Å². The number of methoxy groups -OCH3 is 2. The van der Waals surface area contributed by atoms with Crippen LogP contribution in [0.5, 0.6) is 11.5 Å². The highest BCUT2D eigenvalue weighted by molar-refractivity contribution is 7.07. The molecule has 1 aromatic heterocycles. The highest BCUT2D eigenvalue weighted by atomic mass is 32.1. The molecule has 1 amide bonds. The first-order chi connectivity index (χ1) is 12.7. The van der Waals surface area contributed by atoms with Gasteiger partial charge in [-0.25, -0.2) is 0 Å². The minimum Gasteiger partial charge on any atom is -0.496 e. The minimum absolute atomic E-state index is 0.170. The molecule has 1 aromatic carbocycles. The highest BCUT2D eigenvalue weighted by Gasteiger charge is 2.25. The van der Waals surface area contributed by atoms with Crippen molar-refractivity contribution < 1.29 is 14.3 Å². The van der Waals surface area contributed by atoms with E-state index in [0.717, 1.165) is 13.1 Å². The van der Waals surface area contributed by atoms with Gasteiger partial charge in [0.2, 0.25) is 0 Å². The first-order valence-corrected chi connectivity index (χ1v) is 9.94. The number of hydrogen-bond donors (Lipinski definition) is 1. The molecule has 1 saturated heterocycles. The number of thiophene rings is 1. The molecule has 0 spiro atoms. The van der Waals surface area contributed by atoms with Gasteiger partial charge in [-0.2, -0.15) is 11.3 Å². The zero-order valence-corrected chi connectivity index (χ0v) is 16.2. The standard InChI is InChI=1S/C20H26N2O3S/c1-24-17-7-6-8-18(25-2)19(17)20(23)21-13-16(15-9-12-26-14-15)22-10-4-3-5-11-22/h6-9,12,14,16H,3-5,10-11,13H2,1-2H3,(H,21,23). The van der Waals surface area contributed by atoms with Crippen LogP contribution in [0.1, 0.15) is 41.2 Å². The fourth-order valence-corrected chi connectivity index (χ4v) is 4.21. The van der Waals surface area contributed by atoms with Gasteiger partial charge in [0, 0.05) is 6.54 Å². The Morgan fingerprint density at radius 1 is 1.15 bits per heavy atom. The molecular formula is C20H26N2O3S. The third kappa shape index (κ3) is 4.19. The molecule has 0 aliphatic carbocycles. The highest BCUT2D eigenvalue weighted by Crippen LogP contribution is 2.29. The van der Waals surface area contributed by atoms with E-state index in [4.69, 9.17) is 9.47 Å². The Morgan fingerprint density at radius 3 is 2.42 bits per heavy atom. The van der Waals surface area contributed by atoms with Crippen molar-refractivity contribution in [2.24, 2.45) is 0 Å². The van der Waals surface area contributed by atoms with Gasteiger partial charge in [0.25, 0.3) is 5.91 Å². The van der Waals surface area contributed by atoms with Crippen molar-refractivity contribution in [1.29, 1.82) is 0 Å². The van der Waals surface area contributed by atoms with E-state index in [1.807, 2.05) is 6.07 Å². The lowest BCUT2D eigenvalue weighted by Crippen LogP contribution is -2.40. The molecule has 26 heavy (non-hydrogen) atoms. The summed E-state index contributed by atoms with van der Waals surface area (Å²) in [5, 5.41) is 7.37. The first-order valence-electron chi connectivity index (χ1n) is 9.00. The second kappa shape index (κ2) is 9.05. The summed E-state index contributed by atoms with van der Waals surface area (Å²) in [6, 6.07) is 7.72. The lowest BCUT2D eigenvalue weighted by Gasteiger charge is -2.34. The number of carbonyl (C=O) groups is 1. The molecule has 2 aromatic rings. The lowest BCUT2D eigenvalue weighted by atomic mass is 10.0. The van der Waals surface area contributed by atoms with E-state index in [1.165, 1.54) is 24.8 Å². The van der Waals surface area contributed by atoms with Crippen LogP contribution < -0.4 is 14.8 Å². The summed E-state index contributed by atoms with van der Waals surface area (Å²) in [6.45, 7) is 2.72. The van der Waals surface area contributed by atoms with Crippen molar-refractivity contribution >= 4 is 17.2 Å². The summed E-state index contributed by atoms with van der Waals surface area (Å²) in [5.74, 6) is 0.871. The first kappa shape index (κ1) is 18.7. The number of ether oxygens (including phenoxy) is 2. The largest absolute Gasteiger partial charge is 0.496 e. The van der Waals surface area contributed by atoms with Gasteiger partial charge in [0.05, 0.1) is 20.3 Å². The molecule has 1 aliphatic heterocycles. The minimum atomic E-state index is -0.170. The molecule has 1 atom stereocenters. The summed E-state index contributed by atoms with van der Waals surface area (Å²) < 4.78 is 10.7. The van der Waals surface area contributed by atoms with Gasteiger partial charge in [0.1, 0.15) is 17.1 Å². The number of rotatable bonds is 7. The maximum absolute atomic E-state index is 12.9. The van der Waals surface area contributed by atoms with Gasteiger partial charge in [-0.1, -0.05) is 12.5 Å². The number of hydrogen-bond acceptors (Lipinski definition) is 5. The Balaban J connectivity index is 1.76. The second-order valence-electron chi connectivity index (χ2n) is 6.42. The zero-order chi connectivity index (χ0) is 18.4. The Hall–Kier alpha value is -2.05. The Labute approximate surface area is 158 Å². The molecule has 1 fully saturated rings. The normalized spacial score (nSPS) is 16.1. The molecule has 0 bridgehead atoms. The number of likely N-dealkylation sites (tertiary alicyclic amines) is 1. The topological polar surface area (TPSA) is 50.8 Å².